The van der Waals surface area contributed by atoms with Crippen LogP contribution in [-0.2, 0) is 4.79 Å². The number of thioether (sulfide) groups is 1. The highest BCUT2D eigenvalue weighted by Gasteiger charge is 2.25. The minimum atomic E-state index is 0. The molecule has 0 saturated carbocycles. The zero-order chi connectivity index (χ0) is 15.8. The van der Waals surface area contributed by atoms with E-state index in [2.05, 4.69) is 36.0 Å². The van der Waals surface area contributed by atoms with Crippen LogP contribution in [0.25, 0.3) is 0 Å². The van der Waals surface area contributed by atoms with Crippen molar-refractivity contribution in [2.45, 2.75) is 32.4 Å². The molecule has 22 heavy (non-hydrogen) atoms. The molecule has 5 nitrogen and oxygen atoms in total. The number of nitrogens with zero attached hydrogens (tertiary/aromatic N) is 3. The van der Waals surface area contributed by atoms with E-state index in [0.29, 0.717) is 11.2 Å². The van der Waals surface area contributed by atoms with E-state index < -0.39 is 0 Å². The van der Waals surface area contributed by atoms with Gasteiger partial charge in [-0.3, -0.25) is 4.79 Å². The van der Waals surface area contributed by atoms with Crippen LogP contribution in [0.4, 0.5) is 0 Å². The molecule has 1 N–H and O–H groups in total. The van der Waals surface area contributed by atoms with Gasteiger partial charge in [-0.2, -0.15) is 11.8 Å². The SMILES string of the molecule is CCCNC(=NCC(=O)N(C)C)N1CCSC(C(C)C)C1.I. The number of hydrogen-bond donors (Lipinski definition) is 1. The van der Waals surface area contributed by atoms with Crippen LogP contribution in [0, 0.1) is 5.92 Å². The summed E-state index contributed by atoms with van der Waals surface area (Å²) in [6.45, 7) is 9.80. The smallest absolute Gasteiger partial charge is 0.243 e. The number of hydrogen-bond acceptors (Lipinski definition) is 3. The average molecular weight is 442 g/mol. The van der Waals surface area contributed by atoms with Crippen molar-refractivity contribution in [1.29, 1.82) is 0 Å². The Kier molecular flexibility index (Phi) is 11.3. The molecule has 0 aromatic heterocycles. The molecule has 1 amide bonds. The maximum atomic E-state index is 11.7. The lowest BCUT2D eigenvalue weighted by molar-refractivity contribution is -0.127. The number of aliphatic imine (C=N–C) groups is 1. The number of carbonyl (C=O) groups is 1. The standard InChI is InChI=1S/C15H30N4OS.HI/c1-6-7-16-15(17-10-14(20)18(4)5)19-8-9-21-13(11-19)12(2)3;/h12-13H,6-11H2,1-5H3,(H,16,17);1H. The van der Waals surface area contributed by atoms with E-state index in [0.717, 1.165) is 37.8 Å². The molecule has 7 heteroatoms. The molecule has 0 bridgehead atoms. The number of amides is 1. The van der Waals surface area contributed by atoms with Gasteiger partial charge in [0.25, 0.3) is 0 Å². The number of likely N-dealkylation sites (N-methyl/N-ethyl adjacent to an activating group) is 1. The van der Waals surface area contributed by atoms with E-state index in [9.17, 15) is 4.79 Å². The Morgan fingerprint density at radius 3 is 2.68 bits per heavy atom. The number of rotatable bonds is 5. The van der Waals surface area contributed by atoms with Gasteiger partial charge in [0.2, 0.25) is 5.91 Å². The van der Waals surface area contributed by atoms with Gasteiger partial charge in [-0.05, 0) is 12.3 Å². The normalized spacial score (nSPS) is 18.9. The van der Waals surface area contributed by atoms with Gasteiger partial charge in [0, 0.05) is 44.7 Å². The Bertz CT molecular complexity index is 363. The fraction of sp³-hybridized carbons (Fsp3) is 0.867. The summed E-state index contributed by atoms with van der Waals surface area (Å²) < 4.78 is 0. The number of guanidine groups is 1. The first-order chi connectivity index (χ1) is 9.95. The van der Waals surface area contributed by atoms with Gasteiger partial charge in [0.15, 0.2) is 5.96 Å². The molecule has 0 aromatic carbocycles. The quantitative estimate of drug-likeness (QED) is 0.403. The van der Waals surface area contributed by atoms with Crippen molar-refractivity contribution < 1.29 is 4.79 Å². The highest BCUT2D eigenvalue weighted by atomic mass is 127. The predicted molar refractivity (Wildman–Crippen MR) is 107 cm³/mol. The average Bonchev–Trinajstić information content (AvgIpc) is 2.47. The third-order valence-electron chi connectivity index (χ3n) is 3.53. The van der Waals surface area contributed by atoms with E-state index >= 15 is 0 Å². The summed E-state index contributed by atoms with van der Waals surface area (Å²) in [7, 11) is 3.53. The van der Waals surface area contributed by atoms with E-state index in [1.54, 1.807) is 19.0 Å². The van der Waals surface area contributed by atoms with Crippen molar-refractivity contribution in [2.75, 3.05) is 46.0 Å². The molecule has 1 heterocycles. The summed E-state index contributed by atoms with van der Waals surface area (Å²) >= 11 is 2.05. The Morgan fingerprint density at radius 2 is 2.14 bits per heavy atom. The van der Waals surface area contributed by atoms with E-state index in [1.165, 1.54) is 0 Å². The van der Waals surface area contributed by atoms with Crippen molar-refractivity contribution >= 4 is 47.6 Å². The molecule has 1 atom stereocenters. The fourth-order valence-corrected chi connectivity index (χ4v) is 3.36. The Labute approximate surface area is 156 Å². The number of carbonyl (C=O) groups excluding carboxylic acids is 1. The monoisotopic (exact) mass is 442 g/mol. The van der Waals surface area contributed by atoms with Crippen molar-refractivity contribution in [2.24, 2.45) is 10.9 Å². The lowest BCUT2D eigenvalue weighted by atomic mass is 10.1. The second kappa shape index (κ2) is 11.4. The highest BCUT2D eigenvalue weighted by Crippen LogP contribution is 2.24. The van der Waals surface area contributed by atoms with Gasteiger partial charge in [0.1, 0.15) is 6.54 Å². The number of halogens is 1. The topological polar surface area (TPSA) is 47.9 Å². The molecular weight excluding hydrogens is 411 g/mol. The Balaban J connectivity index is 0.00000441. The summed E-state index contributed by atoms with van der Waals surface area (Å²) in [5.41, 5.74) is 0. The fourth-order valence-electron chi connectivity index (χ4n) is 2.06. The first kappa shape index (κ1) is 21.8. The van der Waals surface area contributed by atoms with Crippen molar-refractivity contribution in [3.05, 3.63) is 0 Å². The summed E-state index contributed by atoms with van der Waals surface area (Å²) in [5, 5.41) is 4.02. The molecule has 0 spiro atoms. The van der Waals surface area contributed by atoms with Crippen LogP contribution in [0.3, 0.4) is 0 Å². The lowest BCUT2D eigenvalue weighted by Crippen LogP contribution is -2.49. The molecule has 1 fully saturated rings. The molecule has 1 aliphatic heterocycles. The van der Waals surface area contributed by atoms with Crippen molar-refractivity contribution in [1.82, 2.24) is 15.1 Å². The van der Waals surface area contributed by atoms with Crippen LogP contribution >= 0.6 is 35.7 Å². The summed E-state index contributed by atoms with van der Waals surface area (Å²) in [4.78, 5) is 20.2. The third kappa shape index (κ3) is 7.39. The largest absolute Gasteiger partial charge is 0.356 e. The van der Waals surface area contributed by atoms with E-state index in [4.69, 9.17) is 0 Å². The maximum absolute atomic E-state index is 11.7. The van der Waals surface area contributed by atoms with Crippen LogP contribution in [0.1, 0.15) is 27.2 Å². The van der Waals surface area contributed by atoms with Crippen LogP contribution in [-0.4, -0.2) is 72.9 Å². The van der Waals surface area contributed by atoms with Crippen LogP contribution in [0.15, 0.2) is 4.99 Å². The predicted octanol–water partition coefficient (Wildman–Crippen LogP) is 2.12. The lowest BCUT2D eigenvalue weighted by Gasteiger charge is -2.36. The zero-order valence-corrected chi connectivity index (χ0v) is 17.6. The summed E-state index contributed by atoms with van der Waals surface area (Å²) in [5.74, 6) is 2.71. The third-order valence-corrected chi connectivity index (χ3v) is 5.07. The minimum absolute atomic E-state index is 0. The van der Waals surface area contributed by atoms with Gasteiger partial charge in [0.05, 0.1) is 0 Å². The van der Waals surface area contributed by atoms with Gasteiger partial charge in [-0.15, -0.1) is 24.0 Å². The zero-order valence-electron chi connectivity index (χ0n) is 14.5. The molecular formula is C15H31IN4OS. The van der Waals surface area contributed by atoms with Crippen molar-refractivity contribution in [3.63, 3.8) is 0 Å². The molecule has 0 aromatic rings. The second-order valence-corrected chi connectivity index (χ2v) is 7.30. The Hall–Kier alpha value is -0.180. The van der Waals surface area contributed by atoms with Gasteiger partial charge in [-0.25, -0.2) is 4.99 Å². The molecule has 0 aliphatic carbocycles. The van der Waals surface area contributed by atoms with Gasteiger partial charge in [-0.1, -0.05) is 20.8 Å². The minimum Gasteiger partial charge on any atom is -0.356 e. The highest BCUT2D eigenvalue weighted by molar-refractivity contribution is 14.0. The number of nitrogens with one attached hydrogen (secondary N) is 1. The molecule has 1 aliphatic rings. The van der Waals surface area contributed by atoms with Gasteiger partial charge < -0.3 is 15.1 Å². The molecule has 1 unspecified atom stereocenters. The van der Waals surface area contributed by atoms with E-state index in [-0.39, 0.29) is 36.4 Å². The van der Waals surface area contributed by atoms with Gasteiger partial charge >= 0.3 is 0 Å². The summed E-state index contributed by atoms with van der Waals surface area (Å²) in [6, 6.07) is 0. The van der Waals surface area contributed by atoms with Crippen LogP contribution < -0.4 is 5.32 Å². The molecule has 0 radical (unpaired) electrons. The first-order valence-electron chi connectivity index (χ1n) is 7.80. The van der Waals surface area contributed by atoms with E-state index in [1.807, 2.05) is 11.8 Å². The molecule has 1 saturated heterocycles. The Morgan fingerprint density at radius 1 is 1.45 bits per heavy atom. The first-order valence-corrected chi connectivity index (χ1v) is 8.85. The second-order valence-electron chi connectivity index (χ2n) is 5.95. The molecule has 130 valence electrons. The summed E-state index contributed by atoms with van der Waals surface area (Å²) in [6.07, 6.45) is 1.05. The van der Waals surface area contributed by atoms with Crippen LogP contribution in [0.2, 0.25) is 0 Å². The molecule has 1 rings (SSSR count). The van der Waals surface area contributed by atoms with Crippen molar-refractivity contribution in [3.8, 4) is 0 Å². The maximum Gasteiger partial charge on any atom is 0.243 e. The van der Waals surface area contributed by atoms with Crippen LogP contribution in [0.5, 0.6) is 0 Å².